The molecule has 214 valence electrons. The topological polar surface area (TPSA) is 96.0 Å². The van der Waals surface area contributed by atoms with E-state index in [0.717, 1.165) is 4.31 Å². The van der Waals surface area contributed by atoms with Crippen LogP contribution in [0.1, 0.15) is 39.2 Å². The van der Waals surface area contributed by atoms with Gasteiger partial charge in [0.15, 0.2) is 0 Å². The van der Waals surface area contributed by atoms with E-state index in [-0.39, 0.29) is 41.2 Å². The molecule has 3 aromatic rings. The summed E-state index contributed by atoms with van der Waals surface area (Å²) in [6.45, 7) is 4.98. The lowest BCUT2D eigenvalue weighted by Gasteiger charge is -2.34. The van der Waals surface area contributed by atoms with Crippen molar-refractivity contribution in [2.45, 2.75) is 57.1 Å². The number of para-hydroxylation sites is 2. The molecule has 2 amide bonds. The minimum atomic E-state index is -4.21. The molecule has 3 aromatic carbocycles. The van der Waals surface area contributed by atoms with Crippen LogP contribution in [-0.2, 0) is 26.2 Å². The van der Waals surface area contributed by atoms with Gasteiger partial charge in [-0.1, -0.05) is 56.3 Å². The quantitative estimate of drug-likeness (QED) is 0.321. The monoisotopic (exact) mass is 569 g/mol. The Morgan fingerprint density at radius 1 is 0.925 bits per heavy atom. The Kier molecular flexibility index (Phi) is 10.7. The van der Waals surface area contributed by atoms with Crippen molar-refractivity contribution >= 4 is 27.5 Å². The zero-order valence-corrected chi connectivity index (χ0v) is 24.0. The van der Waals surface area contributed by atoms with Crippen molar-refractivity contribution in [2.75, 3.05) is 18.0 Å². The summed E-state index contributed by atoms with van der Waals surface area (Å²) in [6, 6.07) is 18.9. The number of nitrogens with one attached hydrogen (secondary N) is 1. The molecule has 0 heterocycles. The predicted molar refractivity (Wildman–Crippen MR) is 153 cm³/mol. The van der Waals surface area contributed by atoms with Gasteiger partial charge in [0.25, 0.3) is 10.0 Å². The summed E-state index contributed by atoms with van der Waals surface area (Å²) < 4.78 is 47.8. The fraction of sp³-hybridized carbons (Fsp3) is 0.333. The fourth-order valence-corrected chi connectivity index (χ4v) is 5.66. The highest BCUT2D eigenvalue weighted by Gasteiger charge is 2.34. The van der Waals surface area contributed by atoms with Crippen LogP contribution in [0, 0.1) is 5.82 Å². The summed E-state index contributed by atoms with van der Waals surface area (Å²) in [7, 11) is -2.80. The smallest absolute Gasteiger partial charge is 0.264 e. The third-order valence-corrected chi connectivity index (χ3v) is 8.39. The first-order chi connectivity index (χ1) is 19.1. The zero-order valence-electron chi connectivity index (χ0n) is 23.2. The maximum absolute atomic E-state index is 14.1. The number of hydrogen-bond donors (Lipinski definition) is 1. The van der Waals surface area contributed by atoms with Gasteiger partial charge in [0.2, 0.25) is 11.8 Å². The Balaban J connectivity index is 2.08. The Labute approximate surface area is 235 Å². The van der Waals surface area contributed by atoms with Crippen LogP contribution < -0.4 is 14.4 Å². The molecule has 0 saturated heterocycles. The molecule has 3 rings (SSSR count). The summed E-state index contributed by atoms with van der Waals surface area (Å²) in [6.07, 6.45) is 0.986. The zero-order chi connectivity index (χ0) is 29.3. The lowest BCUT2D eigenvalue weighted by molar-refractivity contribution is -0.140. The molecule has 40 heavy (non-hydrogen) atoms. The van der Waals surface area contributed by atoms with E-state index in [1.807, 2.05) is 13.8 Å². The molecule has 0 bridgehead atoms. The van der Waals surface area contributed by atoms with Crippen LogP contribution in [0.25, 0.3) is 0 Å². The predicted octanol–water partition coefficient (Wildman–Crippen LogP) is 4.75. The van der Waals surface area contributed by atoms with Crippen LogP contribution in [0.5, 0.6) is 5.75 Å². The van der Waals surface area contributed by atoms with Gasteiger partial charge in [-0.05, 0) is 61.7 Å². The highest BCUT2D eigenvalue weighted by Crippen LogP contribution is 2.32. The number of amides is 2. The van der Waals surface area contributed by atoms with Crippen molar-refractivity contribution in [3.63, 3.8) is 0 Å². The maximum atomic E-state index is 14.1. The fourth-order valence-electron chi connectivity index (χ4n) is 4.22. The minimum absolute atomic E-state index is 0.000320. The molecule has 1 N–H and O–H groups in total. The second kappa shape index (κ2) is 13.9. The second-order valence-electron chi connectivity index (χ2n) is 9.39. The molecule has 0 fully saturated rings. The van der Waals surface area contributed by atoms with Crippen LogP contribution in [0.15, 0.2) is 83.8 Å². The van der Waals surface area contributed by atoms with Gasteiger partial charge in [-0.25, -0.2) is 12.8 Å². The minimum Gasteiger partial charge on any atom is -0.495 e. The number of sulfonamides is 1. The normalized spacial score (nSPS) is 12.7. The number of carbonyl (C=O) groups excluding carboxylic acids is 2. The van der Waals surface area contributed by atoms with Gasteiger partial charge in [0, 0.05) is 12.6 Å². The summed E-state index contributed by atoms with van der Waals surface area (Å²) in [4.78, 5) is 28.7. The van der Waals surface area contributed by atoms with E-state index in [1.54, 1.807) is 49.4 Å². The van der Waals surface area contributed by atoms with Crippen molar-refractivity contribution in [1.82, 2.24) is 10.2 Å². The second-order valence-corrected chi connectivity index (χ2v) is 11.2. The van der Waals surface area contributed by atoms with E-state index in [0.29, 0.717) is 12.0 Å². The number of anilines is 1. The van der Waals surface area contributed by atoms with Gasteiger partial charge < -0.3 is 15.0 Å². The van der Waals surface area contributed by atoms with Crippen LogP contribution in [0.4, 0.5) is 10.1 Å². The van der Waals surface area contributed by atoms with Crippen molar-refractivity contribution in [3.05, 3.63) is 90.2 Å². The Morgan fingerprint density at radius 3 is 2.15 bits per heavy atom. The molecule has 0 unspecified atom stereocenters. The number of nitrogens with zero attached hydrogens (tertiary/aromatic N) is 2. The molecule has 2 atom stereocenters. The number of methoxy groups -OCH3 is 1. The first kappa shape index (κ1) is 30.6. The van der Waals surface area contributed by atoms with E-state index in [1.165, 1.54) is 48.4 Å². The Hall–Kier alpha value is -3.92. The van der Waals surface area contributed by atoms with Crippen molar-refractivity contribution < 1.29 is 27.1 Å². The largest absolute Gasteiger partial charge is 0.495 e. The third kappa shape index (κ3) is 7.38. The average Bonchev–Trinajstić information content (AvgIpc) is 2.96. The summed E-state index contributed by atoms with van der Waals surface area (Å²) >= 11 is 0. The number of rotatable bonds is 13. The number of benzene rings is 3. The van der Waals surface area contributed by atoms with E-state index in [4.69, 9.17) is 4.74 Å². The van der Waals surface area contributed by atoms with E-state index < -0.39 is 34.3 Å². The molecule has 0 spiro atoms. The Morgan fingerprint density at radius 2 is 1.55 bits per heavy atom. The summed E-state index contributed by atoms with van der Waals surface area (Å²) in [5.74, 6) is -1.11. The van der Waals surface area contributed by atoms with Crippen LogP contribution in [0.3, 0.4) is 0 Å². The van der Waals surface area contributed by atoms with Gasteiger partial charge in [0.05, 0.1) is 17.7 Å². The van der Waals surface area contributed by atoms with Gasteiger partial charge in [-0.15, -0.1) is 0 Å². The first-order valence-corrected chi connectivity index (χ1v) is 14.6. The molecule has 0 saturated carbocycles. The number of ether oxygens (including phenoxy) is 1. The lowest BCUT2D eigenvalue weighted by atomic mass is 10.1. The van der Waals surface area contributed by atoms with Crippen LogP contribution in [0.2, 0.25) is 0 Å². The summed E-state index contributed by atoms with van der Waals surface area (Å²) in [5.41, 5.74) is 0.778. The molecular weight excluding hydrogens is 533 g/mol. The highest BCUT2D eigenvalue weighted by atomic mass is 32.2. The van der Waals surface area contributed by atoms with Crippen LogP contribution in [-0.4, -0.2) is 50.9 Å². The standard InChI is InChI=1S/C30H36FN3O5S/c1-5-22(3)32-30(36)26(6-2)33(20-23-16-18-24(31)19-17-23)29(35)21-34(27-14-10-11-15-28(27)39-4)40(37,38)25-12-8-7-9-13-25/h7-19,22,26H,5-6,20-21H2,1-4H3,(H,32,36)/t22-,26+/m0/s1. The molecule has 0 aliphatic rings. The lowest BCUT2D eigenvalue weighted by Crippen LogP contribution is -2.53. The molecule has 0 aliphatic heterocycles. The van der Waals surface area contributed by atoms with E-state index >= 15 is 0 Å². The first-order valence-electron chi connectivity index (χ1n) is 13.2. The molecule has 0 aliphatic carbocycles. The molecular formula is C30H36FN3O5S. The Bertz CT molecular complexity index is 1380. The van der Waals surface area contributed by atoms with Gasteiger partial charge >= 0.3 is 0 Å². The van der Waals surface area contributed by atoms with Gasteiger partial charge in [-0.3, -0.25) is 13.9 Å². The van der Waals surface area contributed by atoms with Crippen LogP contribution >= 0.6 is 0 Å². The highest BCUT2D eigenvalue weighted by molar-refractivity contribution is 7.92. The van der Waals surface area contributed by atoms with Crippen molar-refractivity contribution in [1.29, 1.82) is 0 Å². The third-order valence-electron chi connectivity index (χ3n) is 6.62. The number of carbonyl (C=O) groups is 2. The number of hydrogen-bond acceptors (Lipinski definition) is 5. The summed E-state index contributed by atoms with van der Waals surface area (Å²) in [5, 5.41) is 2.93. The van der Waals surface area contributed by atoms with Gasteiger partial charge in [0.1, 0.15) is 24.2 Å². The number of halogens is 1. The molecule has 8 nitrogen and oxygen atoms in total. The van der Waals surface area contributed by atoms with E-state index in [2.05, 4.69) is 5.32 Å². The van der Waals surface area contributed by atoms with Crippen molar-refractivity contribution in [2.24, 2.45) is 0 Å². The van der Waals surface area contributed by atoms with Crippen molar-refractivity contribution in [3.8, 4) is 5.75 Å². The van der Waals surface area contributed by atoms with E-state index in [9.17, 15) is 22.4 Å². The average molecular weight is 570 g/mol. The SMILES string of the molecule is CC[C@H](C(=O)N[C@@H](C)CC)N(Cc1ccc(F)cc1)C(=O)CN(c1ccccc1OC)S(=O)(=O)c1ccccc1. The molecule has 10 heteroatoms. The van der Waals surface area contributed by atoms with Gasteiger partial charge in [-0.2, -0.15) is 0 Å². The maximum Gasteiger partial charge on any atom is 0.264 e. The molecule has 0 aromatic heterocycles. The molecule has 0 radical (unpaired) electrons.